The molecule has 0 aromatic rings. The molecule has 0 spiro atoms. The number of halogens is 5. The first-order chi connectivity index (χ1) is 13.2. The summed E-state index contributed by atoms with van der Waals surface area (Å²) in [5.41, 5.74) is 5.75. The summed E-state index contributed by atoms with van der Waals surface area (Å²) in [6, 6.07) is 0. The van der Waals surface area contributed by atoms with Crippen molar-refractivity contribution in [1.82, 2.24) is 0 Å². The fourth-order valence-electron chi connectivity index (χ4n) is 5.65. The Bertz CT molecular complexity index is 698. The van der Waals surface area contributed by atoms with Gasteiger partial charge in [-0.15, -0.1) is 0 Å². The van der Waals surface area contributed by atoms with Crippen molar-refractivity contribution in [2.45, 2.75) is 66.7 Å². The molecule has 0 heterocycles. The van der Waals surface area contributed by atoms with Crippen LogP contribution >= 0.6 is 0 Å². The summed E-state index contributed by atoms with van der Waals surface area (Å²) in [7, 11) is 0. The third-order valence-electron chi connectivity index (χ3n) is 6.99. The second-order valence-electron chi connectivity index (χ2n) is 9.17. The standard InChI is InChI=1S/C18H25F5N3O.CH3.Sn/c1-7(2)15(24)26-17-5-9-4-8(3)11(10(6-17)12(9)17)16(25)27-13(14(19)20)18(21,22)23;;/h7-13,25H,4-6H2,1-3H3,(H2,24,26);1H3;. The molecule has 164 valence electrons. The van der Waals surface area contributed by atoms with Crippen molar-refractivity contribution < 1.29 is 26.7 Å². The van der Waals surface area contributed by atoms with E-state index in [4.69, 9.17) is 20.9 Å². The van der Waals surface area contributed by atoms with Crippen LogP contribution in [0.5, 0.6) is 0 Å². The molecule has 0 amide bonds. The molecule has 7 atom stereocenters. The Morgan fingerprint density at radius 1 is 1.24 bits per heavy atom. The van der Waals surface area contributed by atoms with Crippen LogP contribution in [0.3, 0.4) is 0 Å². The number of hydrogen-bond donors (Lipinski definition) is 2. The van der Waals surface area contributed by atoms with Crippen molar-refractivity contribution in [3.8, 4) is 0 Å². The van der Waals surface area contributed by atoms with Crippen molar-refractivity contribution in [1.29, 1.82) is 5.41 Å². The predicted octanol–water partition coefficient (Wildman–Crippen LogP) is 4.32. The van der Waals surface area contributed by atoms with Gasteiger partial charge in [0.25, 0.3) is 0 Å². The normalized spacial score (nSPS) is 38.0. The molecule has 3 saturated carbocycles. The van der Waals surface area contributed by atoms with Gasteiger partial charge in [0.1, 0.15) is 0 Å². The number of nitrogens with one attached hydrogen (secondary N) is 1. The molecule has 3 rings (SSSR count). The first-order valence-electron chi connectivity index (χ1n) is 9.97. The molecule has 0 saturated heterocycles. The van der Waals surface area contributed by atoms with Gasteiger partial charge in [0.05, 0.1) is 0 Å². The van der Waals surface area contributed by atoms with Gasteiger partial charge in [-0.05, 0) is 0 Å². The second kappa shape index (κ2) is 7.51. The molecule has 3 aliphatic rings. The predicted molar refractivity (Wildman–Crippen MR) is 101 cm³/mol. The van der Waals surface area contributed by atoms with Crippen LogP contribution in [0.2, 0.25) is 4.94 Å². The van der Waals surface area contributed by atoms with Crippen LogP contribution in [0.4, 0.5) is 22.0 Å². The minimum absolute atomic E-state index is 0.0576. The topological polar surface area (TPSA) is 71.5 Å². The summed E-state index contributed by atoms with van der Waals surface area (Å²) in [6.45, 7) is 5.78. The average molecular weight is 528 g/mol. The number of aliphatic imine (C=N–C) groups is 1. The van der Waals surface area contributed by atoms with E-state index in [0.717, 1.165) is 17.8 Å². The van der Waals surface area contributed by atoms with Gasteiger partial charge < -0.3 is 0 Å². The Morgan fingerprint density at radius 3 is 2.38 bits per heavy atom. The van der Waals surface area contributed by atoms with Gasteiger partial charge in [-0.3, -0.25) is 0 Å². The van der Waals surface area contributed by atoms with Gasteiger partial charge in [0.2, 0.25) is 0 Å². The number of nitrogens with two attached hydrogens (primary N) is 1. The number of ether oxygens (including phenoxy) is 1. The Morgan fingerprint density at radius 2 is 1.86 bits per heavy atom. The van der Waals surface area contributed by atoms with Crippen molar-refractivity contribution in [3.05, 3.63) is 0 Å². The Balaban J connectivity index is 1.78. The molecule has 0 bridgehead atoms. The number of hydrogen-bond acceptors (Lipinski definition) is 3. The number of nitrogens with zero attached hydrogens (tertiary/aromatic N) is 1. The van der Waals surface area contributed by atoms with Crippen LogP contribution in [0, 0.1) is 40.9 Å². The van der Waals surface area contributed by atoms with Gasteiger partial charge in [-0.1, -0.05) is 0 Å². The van der Waals surface area contributed by atoms with E-state index in [-0.39, 0.29) is 29.2 Å². The molecular weight excluding hydrogens is 500 g/mol. The van der Waals surface area contributed by atoms with Crippen LogP contribution < -0.4 is 5.73 Å². The number of rotatable bonds is 6. The molecule has 29 heavy (non-hydrogen) atoms. The molecule has 0 aromatic carbocycles. The Labute approximate surface area is 177 Å². The van der Waals surface area contributed by atoms with E-state index >= 15 is 0 Å². The third-order valence-corrected chi connectivity index (χ3v) is 9.65. The molecule has 2 radical (unpaired) electrons. The van der Waals surface area contributed by atoms with Gasteiger partial charge in [0, 0.05) is 0 Å². The third kappa shape index (κ3) is 3.89. The monoisotopic (exact) mass is 529 g/mol. The zero-order chi connectivity index (χ0) is 21.9. The molecule has 7 unspecified atom stereocenters. The summed E-state index contributed by atoms with van der Waals surface area (Å²) in [4.78, 5) is 5.87. The maximum atomic E-state index is 14.0. The van der Waals surface area contributed by atoms with Crippen molar-refractivity contribution >= 4 is 32.9 Å². The van der Waals surface area contributed by atoms with Gasteiger partial charge in [0.15, 0.2) is 0 Å². The summed E-state index contributed by atoms with van der Waals surface area (Å²) in [5, 5.41) is 8.19. The van der Waals surface area contributed by atoms with Crippen LogP contribution in [0.15, 0.2) is 4.99 Å². The van der Waals surface area contributed by atoms with Crippen molar-refractivity contribution in [3.63, 3.8) is 0 Å². The molecule has 3 aliphatic carbocycles. The van der Waals surface area contributed by atoms with E-state index in [1.165, 1.54) is 0 Å². The number of amidine groups is 1. The summed E-state index contributed by atoms with van der Waals surface area (Å²) in [5.74, 6) is -0.135. The van der Waals surface area contributed by atoms with Gasteiger partial charge in [-0.25, -0.2) is 0 Å². The van der Waals surface area contributed by atoms with E-state index < -0.39 is 49.2 Å². The van der Waals surface area contributed by atoms with Crippen LogP contribution in [-0.2, 0) is 4.74 Å². The molecule has 3 fully saturated rings. The molecule has 4 nitrogen and oxygen atoms in total. The first kappa shape index (κ1) is 23.1. The van der Waals surface area contributed by atoms with Crippen molar-refractivity contribution in [2.24, 2.45) is 46.2 Å². The molecular formula is C19H28F5N3OSn. The SMILES string of the molecule is [CH3][Sn][C](F)(F)C(OC(=N)C1C(C)CC2CC3(N=C(N)C(C)C)CC1C23)C(F)(F)F. The Hall–Kier alpha value is -0.611. The average Bonchev–Trinajstić information content (AvgIpc) is 2.55. The molecule has 10 heteroatoms. The molecule has 0 aliphatic heterocycles. The van der Waals surface area contributed by atoms with E-state index in [9.17, 15) is 22.0 Å². The quantitative estimate of drug-likeness (QED) is 0.234. The maximum absolute atomic E-state index is 14.0. The fraction of sp³-hybridized carbons (Fsp3) is 0.895. The van der Waals surface area contributed by atoms with Crippen LogP contribution in [0.25, 0.3) is 0 Å². The van der Waals surface area contributed by atoms with E-state index in [1.54, 1.807) is 0 Å². The number of alkyl halides is 5. The summed E-state index contributed by atoms with van der Waals surface area (Å²) < 4.78 is 68.5. The second-order valence-corrected chi connectivity index (χ2v) is 12.5. The van der Waals surface area contributed by atoms with Crippen LogP contribution in [-0.4, -0.2) is 54.6 Å². The summed E-state index contributed by atoms with van der Waals surface area (Å²) in [6.07, 6.45) is -6.15. The van der Waals surface area contributed by atoms with E-state index in [0.29, 0.717) is 18.2 Å². The van der Waals surface area contributed by atoms with Crippen LogP contribution in [0.1, 0.15) is 40.0 Å². The van der Waals surface area contributed by atoms with Gasteiger partial charge >= 0.3 is 178 Å². The summed E-state index contributed by atoms with van der Waals surface area (Å²) >= 11 is -2.61. The molecule has 3 N–H and O–H groups in total. The minimum atomic E-state index is -5.21. The Kier molecular flexibility index (Phi) is 5.97. The fourth-order valence-corrected chi connectivity index (χ4v) is 7.04. The zero-order valence-corrected chi connectivity index (χ0v) is 19.8. The van der Waals surface area contributed by atoms with Gasteiger partial charge in [-0.2, -0.15) is 0 Å². The zero-order valence-electron chi connectivity index (χ0n) is 17.0. The molecule has 0 aromatic heterocycles. The van der Waals surface area contributed by atoms with Crippen molar-refractivity contribution in [2.75, 3.05) is 0 Å². The first-order valence-corrected chi connectivity index (χ1v) is 14.3. The van der Waals surface area contributed by atoms with E-state index in [2.05, 4.69) is 0 Å². The van der Waals surface area contributed by atoms with E-state index in [1.807, 2.05) is 20.8 Å².